The number of hydrogen-bond acceptors (Lipinski definition) is 3. The number of nitrogens with two attached hydrogens (primary N) is 1. The Balaban J connectivity index is 1.64. The van der Waals surface area contributed by atoms with E-state index < -0.39 is 10.0 Å². The van der Waals surface area contributed by atoms with Gasteiger partial charge in [-0.3, -0.25) is 0 Å². The molecular formula is C19H18N2O2S. The molecule has 122 valence electrons. The zero-order chi connectivity index (χ0) is 16.7. The Hall–Kier alpha value is -2.37. The molecule has 1 aliphatic carbocycles. The molecule has 4 rings (SSSR count). The lowest BCUT2D eigenvalue weighted by Gasteiger charge is -2.10. The summed E-state index contributed by atoms with van der Waals surface area (Å²) in [5.74, 6) is 0.251. The van der Waals surface area contributed by atoms with Gasteiger partial charge in [0.05, 0.1) is 4.90 Å². The third-order valence-electron chi connectivity index (χ3n) is 4.53. The number of nitrogens with one attached hydrogen (secondary N) is 1. The van der Waals surface area contributed by atoms with E-state index in [1.165, 1.54) is 5.56 Å². The quantitative estimate of drug-likeness (QED) is 0.717. The zero-order valence-corrected chi connectivity index (χ0v) is 13.8. The highest BCUT2D eigenvalue weighted by molar-refractivity contribution is 7.89. The van der Waals surface area contributed by atoms with Crippen molar-refractivity contribution in [1.29, 1.82) is 0 Å². The summed E-state index contributed by atoms with van der Waals surface area (Å²) < 4.78 is 28.5. The fourth-order valence-electron chi connectivity index (χ4n) is 3.20. The van der Waals surface area contributed by atoms with Gasteiger partial charge >= 0.3 is 0 Å². The molecule has 0 heterocycles. The lowest BCUT2D eigenvalue weighted by Crippen LogP contribution is -2.27. The Morgan fingerprint density at radius 1 is 0.875 bits per heavy atom. The van der Waals surface area contributed by atoms with Gasteiger partial charge in [-0.1, -0.05) is 54.6 Å². The van der Waals surface area contributed by atoms with Gasteiger partial charge in [0.25, 0.3) is 0 Å². The van der Waals surface area contributed by atoms with Crippen LogP contribution in [0.15, 0.2) is 71.6 Å². The van der Waals surface area contributed by atoms with Gasteiger partial charge in [0, 0.05) is 28.4 Å². The largest absolute Gasteiger partial charge is 0.398 e. The van der Waals surface area contributed by atoms with Crippen LogP contribution in [0.5, 0.6) is 0 Å². The Morgan fingerprint density at radius 2 is 1.58 bits per heavy atom. The molecule has 0 radical (unpaired) electrons. The summed E-state index contributed by atoms with van der Waals surface area (Å²) in [6.45, 7) is 0. The van der Waals surface area contributed by atoms with Gasteiger partial charge in [-0.2, -0.15) is 0 Å². The van der Waals surface area contributed by atoms with E-state index in [1.54, 1.807) is 30.3 Å². The van der Waals surface area contributed by atoms with Gasteiger partial charge in [-0.05, 0) is 24.1 Å². The lowest BCUT2D eigenvalue weighted by atomic mass is 10.1. The Bertz CT molecular complexity index is 1000. The van der Waals surface area contributed by atoms with Crippen LogP contribution in [0, 0.1) is 0 Å². The second-order valence-corrected chi connectivity index (χ2v) is 7.86. The minimum absolute atomic E-state index is 0.0475. The molecule has 24 heavy (non-hydrogen) atoms. The van der Waals surface area contributed by atoms with E-state index in [0.29, 0.717) is 11.1 Å². The first-order valence-electron chi connectivity index (χ1n) is 7.91. The number of rotatable bonds is 4. The Morgan fingerprint density at radius 3 is 2.38 bits per heavy atom. The molecule has 0 spiro atoms. The summed E-state index contributed by atoms with van der Waals surface area (Å²) in [6.07, 6.45) is 0.830. The summed E-state index contributed by atoms with van der Waals surface area (Å²) in [5, 5.41) is 1.41. The van der Waals surface area contributed by atoms with E-state index in [4.69, 9.17) is 5.73 Å². The van der Waals surface area contributed by atoms with Crippen molar-refractivity contribution in [3.8, 4) is 0 Å². The van der Waals surface area contributed by atoms with Crippen molar-refractivity contribution < 1.29 is 8.42 Å². The van der Waals surface area contributed by atoms with Crippen molar-refractivity contribution >= 4 is 26.5 Å². The molecule has 0 saturated heterocycles. The topological polar surface area (TPSA) is 72.2 Å². The molecule has 3 N–H and O–H groups in total. The zero-order valence-electron chi connectivity index (χ0n) is 13.0. The van der Waals surface area contributed by atoms with Crippen molar-refractivity contribution in [3.05, 3.63) is 72.3 Å². The van der Waals surface area contributed by atoms with E-state index in [9.17, 15) is 8.42 Å². The summed E-state index contributed by atoms with van der Waals surface area (Å²) >= 11 is 0. The van der Waals surface area contributed by atoms with Crippen LogP contribution < -0.4 is 10.5 Å². The Labute approximate surface area is 141 Å². The highest BCUT2D eigenvalue weighted by Gasteiger charge is 2.41. The second kappa shape index (κ2) is 5.61. The number of sulfonamides is 1. The number of fused-ring (bicyclic) bond motifs is 1. The van der Waals surface area contributed by atoms with Crippen LogP contribution in [0.2, 0.25) is 0 Å². The van der Waals surface area contributed by atoms with Crippen LogP contribution in [-0.2, 0) is 10.0 Å². The van der Waals surface area contributed by atoms with E-state index in [1.807, 2.05) is 36.4 Å². The van der Waals surface area contributed by atoms with E-state index in [-0.39, 0.29) is 16.9 Å². The monoisotopic (exact) mass is 338 g/mol. The lowest BCUT2D eigenvalue weighted by molar-refractivity contribution is 0.581. The van der Waals surface area contributed by atoms with Crippen LogP contribution in [0.3, 0.4) is 0 Å². The van der Waals surface area contributed by atoms with Gasteiger partial charge in [0.1, 0.15) is 0 Å². The molecule has 3 aromatic carbocycles. The normalized spacial score (nSPS) is 20.2. The molecule has 2 atom stereocenters. The van der Waals surface area contributed by atoms with Crippen molar-refractivity contribution in [1.82, 2.24) is 4.72 Å². The number of anilines is 1. The predicted molar refractivity (Wildman–Crippen MR) is 96.3 cm³/mol. The maximum atomic E-state index is 12.8. The van der Waals surface area contributed by atoms with Crippen LogP contribution >= 0.6 is 0 Å². The second-order valence-electron chi connectivity index (χ2n) is 6.18. The summed E-state index contributed by atoms with van der Waals surface area (Å²) in [7, 11) is -3.59. The Kier molecular flexibility index (Phi) is 3.55. The van der Waals surface area contributed by atoms with E-state index in [0.717, 1.165) is 11.8 Å². The van der Waals surface area contributed by atoms with Gasteiger partial charge in [-0.15, -0.1) is 0 Å². The maximum absolute atomic E-state index is 12.8. The van der Waals surface area contributed by atoms with Crippen molar-refractivity contribution in [3.63, 3.8) is 0 Å². The average molecular weight is 338 g/mol. The van der Waals surface area contributed by atoms with Gasteiger partial charge in [0.2, 0.25) is 10.0 Å². The predicted octanol–water partition coefficient (Wildman–Crippen LogP) is 3.26. The molecule has 5 heteroatoms. The number of nitrogen functional groups attached to an aromatic ring is 1. The summed E-state index contributed by atoms with van der Waals surface area (Å²) in [4.78, 5) is 0.283. The van der Waals surface area contributed by atoms with Gasteiger partial charge < -0.3 is 5.73 Å². The summed E-state index contributed by atoms with van der Waals surface area (Å²) in [5.41, 5.74) is 7.72. The molecule has 3 aromatic rings. The number of hydrogen-bond donors (Lipinski definition) is 2. The van der Waals surface area contributed by atoms with Crippen LogP contribution in [0.25, 0.3) is 10.8 Å². The van der Waals surface area contributed by atoms with Gasteiger partial charge in [-0.25, -0.2) is 13.1 Å². The average Bonchev–Trinajstić information content (AvgIpc) is 3.34. The fraction of sp³-hybridized carbons (Fsp3) is 0.158. The molecular weight excluding hydrogens is 320 g/mol. The minimum Gasteiger partial charge on any atom is -0.398 e. The fourth-order valence-corrected chi connectivity index (χ4v) is 4.71. The highest BCUT2D eigenvalue weighted by atomic mass is 32.2. The third-order valence-corrected chi connectivity index (χ3v) is 6.08. The summed E-state index contributed by atoms with van der Waals surface area (Å²) in [6, 6.07) is 20.5. The third kappa shape index (κ3) is 2.66. The minimum atomic E-state index is -3.59. The van der Waals surface area contributed by atoms with Crippen LogP contribution in [-0.4, -0.2) is 14.5 Å². The van der Waals surface area contributed by atoms with E-state index >= 15 is 0 Å². The van der Waals surface area contributed by atoms with Crippen LogP contribution in [0.1, 0.15) is 17.9 Å². The molecule has 0 bridgehead atoms. The molecule has 2 unspecified atom stereocenters. The molecule has 1 fully saturated rings. The smallest absolute Gasteiger partial charge is 0.241 e. The first-order chi connectivity index (χ1) is 11.6. The SMILES string of the molecule is Nc1cccc2c(S(=O)(=O)NC3CC3c3ccccc3)cccc12. The highest BCUT2D eigenvalue weighted by Crippen LogP contribution is 2.41. The first-order valence-corrected chi connectivity index (χ1v) is 9.39. The molecule has 0 aliphatic heterocycles. The van der Waals surface area contributed by atoms with Crippen molar-refractivity contribution in [2.45, 2.75) is 23.3 Å². The number of benzene rings is 3. The van der Waals surface area contributed by atoms with E-state index in [2.05, 4.69) is 4.72 Å². The molecule has 4 nitrogen and oxygen atoms in total. The van der Waals surface area contributed by atoms with Crippen molar-refractivity contribution in [2.75, 3.05) is 5.73 Å². The molecule has 1 aliphatic rings. The molecule has 1 saturated carbocycles. The maximum Gasteiger partial charge on any atom is 0.241 e. The molecule has 0 amide bonds. The van der Waals surface area contributed by atoms with Crippen LogP contribution in [0.4, 0.5) is 5.69 Å². The first kappa shape index (κ1) is 15.2. The molecule has 0 aromatic heterocycles. The van der Waals surface area contributed by atoms with Gasteiger partial charge in [0.15, 0.2) is 0 Å². The standard InChI is InChI=1S/C19H18N2O2S/c20-17-10-4-9-15-14(17)8-5-11-19(15)24(22,23)21-18-12-16(18)13-6-2-1-3-7-13/h1-11,16,18,21H,12,20H2. The van der Waals surface area contributed by atoms with Crippen molar-refractivity contribution in [2.24, 2.45) is 0 Å².